The summed E-state index contributed by atoms with van der Waals surface area (Å²) in [5, 5.41) is 9.98. The number of hydrogen-bond donors (Lipinski definition) is 3. The van der Waals surface area contributed by atoms with E-state index in [-0.39, 0.29) is 0 Å². The lowest BCUT2D eigenvalue weighted by molar-refractivity contribution is -0.124. The molecular weight excluding hydrogens is 402 g/mol. The Labute approximate surface area is 188 Å². The van der Waals surface area contributed by atoms with E-state index in [1.165, 1.54) is 28.2 Å². The monoisotopic (exact) mass is 433 g/mol. The van der Waals surface area contributed by atoms with Crippen LogP contribution in [0.25, 0.3) is 16.5 Å². The summed E-state index contributed by atoms with van der Waals surface area (Å²) >= 11 is 0. The quantitative estimate of drug-likeness (QED) is 0.275. The predicted octanol–water partition coefficient (Wildman–Crippen LogP) is 4.64. The van der Waals surface area contributed by atoms with E-state index in [2.05, 4.69) is 53.3 Å². The number of nitrogens with one attached hydrogen (secondary N) is 2. The third kappa shape index (κ3) is 4.42. The van der Waals surface area contributed by atoms with E-state index in [0.29, 0.717) is 6.04 Å². The van der Waals surface area contributed by atoms with Crippen LogP contribution in [0.1, 0.15) is 48.6 Å². The first-order valence-electron chi connectivity index (χ1n) is 11.2. The van der Waals surface area contributed by atoms with Gasteiger partial charge in [0.25, 0.3) is 5.91 Å². The standard InChI is InChI=1S/C26H31N3O3/c1-4-29(12-11-20-16-27-24-9-7-21(32-3)15-23(20)24)25-10-6-19-14-18(5-8-22(19)25)17(2)13-26(30)28-31/h5,7-9,13-16,25,27,31H,4,6,10-12H2,1-3H3,(H,28,30)/b17-13-. The largest absolute Gasteiger partial charge is 0.497 e. The highest BCUT2D eigenvalue weighted by atomic mass is 16.5. The first-order valence-corrected chi connectivity index (χ1v) is 11.2. The number of amides is 1. The Kier molecular flexibility index (Phi) is 6.63. The van der Waals surface area contributed by atoms with Crippen LogP contribution in [0.3, 0.4) is 0 Å². The Morgan fingerprint density at radius 2 is 2.16 bits per heavy atom. The minimum absolute atomic E-state index is 0.411. The molecule has 6 heteroatoms. The maximum Gasteiger partial charge on any atom is 0.267 e. The van der Waals surface area contributed by atoms with Crippen molar-refractivity contribution in [3.8, 4) is 5.75 Å². The first-order chi connectivity index (χ1) is 15.5. The highest BCUT2D eigenvalue weighted by Gasteiger charge is 2.27. The number of benzene rings is 2. The van der Waals surface area contributed by atoms with Crippen LogP contribution >= 0.6 is 0 Å². The lowest BCUT2D eigenvalue weighted by Gasteiger charge is -2.28. The molecule has 1 unspecified atom stereocenters. The summed E-state index contributed by atoms with van der Waals surface area (Å²) in [5.41, 5.74) is 8.70. The van der Waals surface area contributed by atoms with E-state index < -0.39 is 5.91 Å². The minimum Gasteiger partial charge on any atom is -0.497 e. The van der Waals surface area contributed by atoms with Crippen molar-refractivity contribution in [1.29, 1.82) is 0 Å². The van der Waals surface area contributed by atoms with Crippen LogP contribution in [-0.4, -0.2) is 41.2 Å². The second kappa shape index (κ2) is 9.59. The second-order valence-corrected chi connectivity index (χ2v) is 8.38. The maximum atomic E-state index is 11.4. The predicted molar refractivity (Wildman–Crippen MR) is 127 cm³/mol. The summed E-state index contributed by atoms with van der Waals surface area (Å²) in [4.78, 5) is 17.4. The third-order valence-corrected chi connectivity index (χ3v) is 6.59. The van der Waals surface area contributed by atoms with Gasteiger partial charge in [0, 0.05) is 35.8 Å². The molecule has 168 valence electrons. The molecule has 0 bridgehead atoms. The summed E-state index contributed by atoms with van der Waals surface area (Å²) in [6.45, 7) is 6.10. The average molecular weight is 434 g/mol. The minimum atomic E-state index is -0.507. The van der Waals surface area contributed by atoms with Gasteiger partial charge in [0.2, 0.25) is 0 Å². The van der Waals surface area contributed by atoms with Crippen molar-refractivity contribution in [2.45, 2.75) is 39.2 Å². The number of hydroxylamine groups is 1. The van der Waals surface area contributed by atoms with Gasteiger partial charge in [-0.2, -0.15) is 0 Å². The molecule has 1 aliphatic rings. The topological polar surface area (TPSA) is 77.6 Å². The number of H-pyrrole nitrogens is 1. The van der Waals surface area contributed by atoms with Gasteiger partial charge in [-0.1, -0.05) is 25.1 Å². The fourth-order valence-corrected chi connectivity index (χ4v) is 4.82. The molecule has 4 rings (SSSR count). The molecular formula is C26H31N3O3. The maximum absolute atomic E-state index is 11.4. The lowest BCUT2D eigenvalue weighted by atomic mass is 9.99. The zero-order valence-corrected chi connectivity index (χ0v) is 18.9. The molecule has 3 N–H and O–H groups in total. The Bertz CT molecular complexity index is 1150. The number of nitrogens with zero attached hydrogens (tertiary/aromatic N) is 1. The SMILES string of the molecule is CCN(CCc1c[nH]c2ccc(OC)cc12)C1CCc2cc(/C(C)=C\C(=O)NO)ccc21. The molecule has 0 spiro atoms. The van der Waals surface area contributed by atoms with Crippen LogP contribution in [0.15, 0.2) is 48.7 Å². The number of aromatic amines is 1. The van der Waals surface area contributed by atoms with Gasteiger partial charge in [-0.15, -0.1) is 0 Å². The number of hydrogen-bond acceptors (Lipinski definition) is 4. The van der Waals surface area contributed by atoms with Crippen LogP contribution in [0, 0.1) is 0 Å². The van der Waals surface area contributed by atoms with Crippen LogP contribution < -0.4 is 10.2 Å². The summed E-state index contributed by atoms with van der Waals surface area (Å²) in [7, 11) is 1.70. The number of carbonyl (C=O) groups is 1. The number of carbonyl (C=O) groups excluding carboxylic acids is 1. The third-order valence-electron chi connectivity index (χ3n) is 6.59. The van der Waals surface area contributed by atoms with Crippen LogP contribution in [0.4, 0.5) is 0 Å². The second-order valence-electron chi connectivity index (χ2n) is 8.38. The zero-order valence-electron chi connectivity index (χ0n) is 18.9. The van der Waals surface area contributed by atoms with E-state index in [1.54, 1.807) is 12.6 Å². The number of aryl methyl sites for hydroxylation is 1. The summed E-state index contributed by atoms with van der Waals surface area (Å²) < 4.78 is 5.40. The Morgan fingerprint density at radius 1 is 1.31 bits per heavy atom. The molecule has 0 aliphatic heterocycles. The van der Waals surface area contributed by atoms with E-state index in [4.69, 9.17) is 9.94 Å². The van der Waals surface area contributed by atoms with Crippen molar-refractivity contribution in [1.82, 2.24) is 15.4 Å². The zero-order chi connectivity index (χ0) is 22.7. The molecule has 0 radical (unpaired) electrons. The van der Waals surface area contributed by atoms with Crippen molar-refractivity contribution in [3.05, 3.63) is 70.9 Å². The molecule has 3 aromatic rings. The van der Waals surface area contributed by atoms with Crippen LogP contribution in [-0.2, 0) is 17.6 Å². The van der Waals surface area contributed by atoms with Crippen molar-refractivity contribution in [2.24, 2.45) is 0 Å². The molecule has 1 amide bonds. The van der Waals surface area contributed by atoms with Gasteiger partial charge < -0.3 is 9.72 Å². The summed E-state index contributed by atoms with van der Waals surface area (Å²) in [6.07, 6.45) is 6.65. The van der Waals surface area contributed by atoms with Gasteiger partial charge in [0.1, 0.15) is 5.75 Å². The van der Waals surface area contributed by atoms with E-state index >= 15 is 0 Å². The van der Waals surface area contributed by atoms with Gasteiger partial charge in [-0.05, 0) is 78.8 Å². The highest BCUT2D eigenvalue weighted by Crippen LogP contribution is 2.37. The van der Waals surface area contributed by atoms with Crippen LogP contribution in [0.2, 0.25) is 0 Å². The van der Waals surface area contributed by atoms with Crippen molar-refractivity contribution < 1.29 is 14.7 Å². The van der Waals surface area contributed by atoms with E-state index in [1.807, 2.05) is 13.0 Å². The first kappa shape index (κ1) is 22.1. The number of ether oxygens (including phenoxy) is 1. The molecule has 32 heavy (non-hydrogen) atoms. The molecule has 0 saturated heterocycles. The number of aromatic nitrogens is 1. The Balaban J connectivity index is 1.50. The number of allylic oxidation sites excluding steroid dienone is 1. The van der Waals surface area contributed by atoms with Gasteiger partial charge in [-0.25, -0.2) is 5.48 Å². The normalized spacial score (nSPS) is 15.9. The molecule has 1 aliphatic carbocycles. The van der Waals surface area contributed by atoms with Crippen molar-refractivity contribution in [3.63, 3.8) is 0 Å². The smallest absolute Gasteiger partial charge is 0.267 e. The summed E-state index contributed by atoms with van der Waals surface area (Å²) in [5.74, 6) is 0.375. The molecule has 1 aromatic heterocycles. The van der Waals surface area contributed by atoms with Crippen LogP contribution in [0.5, 0.6) is 5.75 Å². The summed E-state index contributed by atoms with van der Waals surface area (Å²) in [6, 6.07) is 13.0. The van der Waals surface area contributed by atoms with Gasteiger partial charge in [0.05, 0.1) is 7.11 Å². The Morgan fingerprint density at radius 3 is 2.91 bits per heavy atom. The fourth-order valence-electron chi connectivity index (χ4n) is 4.82. The number of likely N-dealkylation sites (N-methyl/N-ethyl adjacent to an activating group) is 1. The molecule has 1 heterocycles. The molecule has 6 nitrogen and oxygen atoms in total. The van der Waals surface area contributed by atoms with E-state index in [0.717, 1.165) is 54.8 Å². The van der Waals surface area contributed by atoms with Gasteiger partial charge >= 0.3 is 0 Å². The lowest BCUT2D eigenvalue weighted by Crippen LogP contribution is -2.29. The average Bonchev–Trinajstić information content (AvgIpc) is 3.42. The van der Waals surface area contributed by atoms with Gasteiger partial charge in [0.15, 0.2) is 0 Å². The number of rotatable bonds is 8. The Hall–Kier alpha value is -3.09. The molecule has 0 fully saturated rings. The molecule has 2 aromatic carbocycles. The fraction of sp³-hybridized carbons (Fsp3) is 0.346. The number of fused-ring (bicyclic) bond motifs is 2. The van der Waals surface area contributed by atoms with Crippen molar-refractivity contribution in [2.75, 3.05) is 20.2 Å². The highest BCUT2D eigenvalue weighted by molar-refractivity contribution is 5.94. The molecule has 1 atom stereocenters. The van der Waals surface area contributed by atoms with Gasteiger partial charge in [-0.3, -0.25) is 14.9 Å². The van der Waals surface area contributed by atoms with E-state index in [9.17, 15) is 4.79 Å². The number of methoxy groups -OCH3 is 1. The van der Waals surface area contributed by atoms with Crippen molar-refractivity contribution >= 4 is 22.4 Å². The molecule has 0 saturated carbocycles.